The van der Waals surface area contributed by atoms with Crippen molar-refractivity contribution in [3.05, 3.63) is 53.2 Å². The number of nitrogens with zero attached hydrogens (tertiary/aromatic N) is 1. The Labute approximate surface area is 184 Å². The van der Waals surface area contributed by atoms with Crippen molar-refractivity contribution < 1.29 is 4.57 Å². The van der Waals surface area contributed by atoms with Crippen LogP contribution in [0.5, 0.6) is 0 Å². The number of rotatable bonds is 3. The lowest BCUT2D eigenvalue weighted by Crippen LogP contribution is -2.34. The summed E-state index contributed by atoms with van der Waals surface area (Å²) in [7, 11) is 2.23. The van der Waals surface area contributed by atoms with Gasteiger partial charge in [-0.15, -0.1) is 0 Å². The molecule has 2 saturated carbocycles. The highest BCUT2D eigenvalue weighted by Crippen LogP contribution is 2.58. The number of aryl methyl sites for hydroxylation is 2. The van der Waals surface area contributed by atoms with E-state index in [1.54, 1.807) is 0 Å². The quantitative estimate of drug-likeness (QED) is 0.463. The van der Waals surface area contributed by atoms with Gasteiger partial charge in [0.2, 0.25) is 5.69 Å². The molecule has 0 N–H and O–H groups in total. The zero-order chi connectivity index (χ0) is 21.7. The van der Waals surface area contributed by atoms with Gasteiger partial charge in [-0.1, -0.05) is 66.0 Å². The Morgan fingerprint density at radius 2 is 1.43 bits per heavy atom. The average molecular weight is 405 g/mol. The van der Waals surface area contributed by atoms with Gasteiger partial charge >= 0.3 is 0 Å². The summed E-state index contributed by atoms with van der Waals surface area (Å²) in [6.45, 7) is 14.6. The maximum Gasteiger partial charge on any atom is 0.212 e. The molecule has 2 fully saturated rings. The summed E-state index contributed by atoms with van der Waals surface area (Å²) in [6.07, 6.45) is 11.9. The van der Waals surface area contributed by atoms with Crippen molar-refractivity contribution in [3.63, 3.8) is 0 Å². The summed E-state index contributed by atoms with van der Waals surface area (Å²) in [5, 5.41) is 0. The predicted molar refractivity (Wildman–Crippen MR) is 128 cm³/mol. The van der Waals surface area contributed by atoms with Gasteiger partial charge in [0.1, 0.15) is 7.05 Å². The molecule has 1 heterocycles. The molecule has 0 amide bonds. The van der Waals surface area contributed by atoms with Gasteiger partial charge in [-0.25, -0.2) is 4.57 Å². The second kappa shape index (κ2) is 7.50. The van der Waals surface area contributed by atoms with Gasteiger partial charge in [-0.05, 0) is 78.0 Å². The van der Waals surface area contributed by atoms with Gasteiger partial charge in [0, 0.05) is 17.2 Å². The Bertz CT molecular complexity index is 911. The molecule has 2 aromatic rings. The first-order chi connectivity index (χ1) is 14.0. The monoisotopic (exact) mass is 404 g/mol. The summed E-state index contributed by atoms with van der Waals surface area (Å²) >= 11 is 0. The number of aromatic nitrogens is 1. The Hall–Kier alpha value is -1.63. The van der Waals surface area contributed by atoms with E-state index in [1.807, 2.05) is 0 Å². The van der Waals surface area contributed by atoms with Crippen molar-refractivity contribution >= 4 is 0 Å². The predicted octanol–water partition coefficient (Wildman–Crippen LogP) is 7.64. The highest BCUT2D eigenvalue weighted by Gasteiger charge is 2.48. The lowest BCUT2D eigenvalue weighted by molar-refractivity contribution is -0.661. The van der Waals surface area contributed by atoms with E-state index in [4.69, 9.17) is 0 Å². The van der Waals surface area contributed by atoms with Crippen LogP contribution >= 0.6 is 0 Å². The van der Waals surface area contributed by atoms with Crippen LogP contribution in [0.25, 0.3) is 11.3 Å². The minimum atomic E-state index is 0.366. The molecule has 0 bridgehead atoms. The van der Waals surface area contributed by atoms with Crippen molar-refractivity contribution in [2.45, 2.75) is 97.8 Å². The molecule has 0 aliphatic heterocycles. The van der Waals surface area contributed by atoms with Crippen molar-refractivity contribution in [1.82, 2.24) is 0 Å². The third-order valence-electron chi connectivity index (χ3n) is 8.62. The third kappa shape index (κ3) is 3.74. The van der Waals surface area contributed by atoms with Crippen LogP contribution in [0, 0.1) is 17.8 Å². The zero-order valence-electron chi connectivity index (χ0n) is 20.4. The second-order valence-electron chi connectivity index (χ2n) is 12.0. The maximum absolute atomic E-state index is 2.47. The molecule has 2 aliphatic carbocycles. The highest BCUT2D eigenvalue weighted by atomic mass is 14.9. The molecule has 0 saturated heterocycles. The normalized spacial score (nSPS) is 22.9. The van der Waals surface area contributed by atoms with E-state index >= 15 is 0 Å². The Morgan fingerprint density at radius 3 is 2.00 bits per heavy atom. The van der Waals surface area contributed by atoms with Crippen molar-refractivity contribution in [2.75, 3.05) is 0 Å². The largest absolute Gasteiger partial charge is 0.212 e. The topological polar surface area (TPSA) is 3.88 Å². The van der Waals surface area contributed by atoms with E-state index in [2.05, 4.69) is 89.7 Å². The fourth-order valence-electron chi connectivity index (χ4n) is 6.92. The molecule has 0 unspecified atom stereocenters. The van der Waals surface area contributed by atoms with Crippen molar-refractivity contribution in [3.8, 4) is 11.3 Å². The van der Waals surface area contributed by atoms with E-state index < -0.39 is 0 Å². The molecule has 0 atom stereocenters. The summed E-state index contributed by atoms with van der Waals surface area (Å²) in [5.41, 5.74) is 8.24. The van der Waals surface area contributed by atoms with Crippen LogP contribution in [0.4, 0.5) is 0 Å². The summed E-state index contributed by atoms with van der Waals surface area (Å²) in [6, 6.07) is 12.0. The standard InChI is InChI=1S/C29H42N/c1-21-19-23(29(6)15-9-8-10-16-29)12-13-24(21)25-14-11-22(20-30(25)7)26-27(2,3)17-18-28(26,4)5/h11-14,19-20,26H,8-10,15-18H2,1-7H3/q+1. The van der Waals surface area contributed by atoms with Crippen LogP contribution in [-0.4, -0.2) is 0 Å². The van der Waals surface area contributed by atoms with Gasteiger partial charge in [0.25, 0.3) is 0 Å². The molecule has 162 valence electrons. The SMILES string of the molecule is Cc1cc(C2(C)CCCCC2)ccc1-c1ccc(C2C(C)(C)CCC2(C)C)c[n+]1C. The summed E-state index contributed by atoms with van der Waals surface area (Å²) in [4.78, 5) is 0. The highest BCUT2D eigenvalue weighted by molar-refractivity contribution is 5.62. The van der Waals surface area contributed by atoms with Crippen molar-refractivity contribution in [2.24, 2.45) is 17.9 Å². The van der Waals surface area contributed by atoms with Crippen molar-refractivity contribution in [1.29, 1.82) is 0 Å². The van der Waals surface area contributed by atoms with Gasteiger partial charge in [0.05, 0.1) is 0 Å². The van der Waals surface area contributed by atoms with Gasteiger partial charge in [-0.3, -0.25) is 0 Å². The van der Waals surface area contributed by atoms with E-state index in [0.29, 0.717) is 22.2 Å². The molecule has 2 aliphatic rings. The number of benzene rings is 1. The van der Waals surface area contributed by atoms with E-state index in [9.17, 15) is 0 Å². The van der Waals surface area contributed by atoms with Crippen LogP contribution < -0.4 is 4.57 Å². The fourth-order valence-corrected chi connectivity index (χ4v) is 6.92. The van der Waals surface area contributed by atoms with Crippen LogP contribution in [0.3, 0.4) is 0 Å². The minimum absolute atomic E-state index is 0.366. The van der Waals surface area contributed by atoms with Crippen LogP contribution in [-0.2, 0) is 12.5 Å². The van der Waals surface area contributed by atoms with E-state index in [1.165, 1.54) is 72.9 Å². The van der Waals surface area contributed by atoms with Crippen LogP contribution in [0.1, 0.15) is 102 Å². The Balaban J connectivity index is 1.67. The molecule has 1 aromatic heterocycles. The average Bonchev–Trinajstić information content (AvgIpc) is 2.90. The fraction of sp³-hybridized carbons (Fsp3) is 0.621. The number of hydrogen-bond donors (Lipinski definition) is 0. The minimum Gasteiger partial charge on any atom is -0.201 e. The first-order valence-electron chi connectivity index (χ1n) is 12.1. The maximum atomic E-state index is 2.47. The lowest BCUT2D eigenvalue weighted by atomic mass is 9.69. The molecule has 30 heavy (non-hydrogen) atoms. The van der Waals surface area contributed by atoms with Gasteiger partial charge in [0.15, 0.2) is 6.20 Å². The van der Waals surface area contributed by atoms with Crippen LogP contribution in [0.2, 0.25) is 0 Å². The molecule has 0 radical (unpaired) electrons. The summed E-state index contributed by atoms with van der Waals surface area (Å²) in [5.74, 6) is 0.611. The molecule has 0 spiro atoms. The van der Waals surface area contributed by atoms with Crippen LogP contribution in [0.15, 0.2) is 36.5 Å². The van der Waals surface area contributed by atoms with Gasteiger partial charge < -0.3 is 0 Å². The Morgan fingerprint density at radius 1 is 0.800 bits per heavy atom. The molecular weight excluding hydrogens is 362 g/mol. The summed E-state index contributed by atoms with van der Waals surface area (Å²) < 4.78 is 2.37. The second-order valence-corrected chi connectivity index (χ2v) is 12.0. The third-order valence-corrected chi connectivity index (χ3v) is 8.62. The zero-order valence-corrected chi connectivity index (χ0v) is 20.4. The molecule has 1 heteroatoms. The molecule has 1 aromatic carbocycles. The molecular formula is C29H42N+. The smallest absolute Gasteiger partial charge is 0.201 e. The molecule has 4 rings (SSSR count). The van der Waals surface area contributed by atoms with E-state index in [0.717, 1.165) is 0 Å². The first-order valence-corrected chi connectivity index (χ1v) is 12.1. The number of hydrogen-bond acceptors (Lipinski definition) is 0. The Kier molecular flexibility index (Phi) is 5.40. The molecule has 1 nitrogen and oxygen atoms in total. The van der Waals surface area contributed by atoms with E-state index in [-0.39, 0.29) is 0 Å². The van der Waals surface area contributed by atoms with Gasteiger partial charge in [-0.2, -0.15) is 0 Å². The first kappa shape index (κ1) is 21.6. The number of pyridine rings is 1. The lowest BCUT2D eigenvalue weighted by Gasteiger charge is -2.35.